The Morgan fingerprint density at radius 2 is 1.37 bits per heavy atom. The third-order valence-corrected chi connectivity index (χ3v) is 8.03. The summed E-state index contributed by atoms with van der Waals surface area (Å²) >= 11 is 0. The first-order valence-corrected chi connectivity index (χ1v) is 15.1. The van der Waals surface area contributed by atoms with E-state index in [-0.39, 0.29) is 6.23 Å². The van der Waals surface area contributed by atoms with Crippen molar-refractivity contribution in [3.8, 4) is 0 Å². The molecule has 0 bridgehead atoms. The van der Waals surface area contributed by atoms with Crippen molar-refractivity contribution in [3.63, 3.8) is 0 Å². The van der Waals surface area contributed by atoms with E-state index in [9.17, 15) is 8.42 Å². The van der Waals surface area contributed by atoms with Crippen LogP contribution in [-0.4, -0.2) is 16.7 Å². The van der Waals surface area contributed by atoms with Gasteiger partial charge in [-0.1, -0.05) is 48.0 Å². The molecule has 2 unspecified atom stereocenters. The Kier molecular flexibility index (Phi) is 6.60. The normalized spacial score (nSPS) is 14.3. The van der Waals surface area contributed by atoms with E-state index in [1.54, 1.807) is 12.1 Å². The molecule has 3 rings (SSSR count). The summed E-state index contributed by atoms with van der Waals surface area (Å²) in [6.07, 6.45) is 3.70. The van der Waals surface area contributed by atoms with Gasteiger partial charge in [-0.25, -0.2) is 8.42 Å². The molecule has 0 saturated carbocycles. The van der Waals surface area contributed by atoms with Crippen molar-refractivity contribution in [2.24, 2.45) is 0 Å². The Morgan fingerprint density at radius 1 is 0.833 bits per heavy atom. The lowest BCUT2D eigenvalue weighted by atomic mass is 10.1. The first kappa shape index (κ1) is 22.4. The van der Waals surface area contributed by atoms with Crippen LogP contribution >= 0.6 is 0 Å². The van der Waals surface area contributed by atoms with Crippen LogP contribution in [0.25, 0.3) is 0 Å². The topological polar surface area (TPSA) is 47.2 Å². The summed E-state index contributed by atoms with van der Waals surface area (Å²) in [4.78, 5) is 0.328. The molecule has 0 amide bonds. The lowest BCUT2D eigenvalue weighted by Crippen LogP contribution is -2.43. The third-order valence-electron chi connectivity index (χ3n) is 4.89. The second kappa shape index (κ2) is 8.84. The minimum Gasteiger partial charge on any atom is -0.364 e. The molecule has 0 N–H and O–H groups in total. The molecule has 2 atom stereocenters. The first-order valence-electron chi connectivity index (χ1n) is 10.1. The summed E-state index contributed by atoms with van der Waals surface area (Å²) in [6, 6.07) is 20.2. The van der Waals surface area contributed by atoms with Crippen LogP contribution < -0.4 is 4.57 Å². The van der Waals surface area contributed by atoms with Gasteiger partial charge in [-0.2, -0.15) is 4.57 Å². The van der Waals surface area contributed by atoms with Gasteiger partial charge in [0.1, 0.15) is 5.25 Å². The van der Waals surface area contributed by atoms with Crippen molar-refractivity contribution in [1.29, 1.82) is 0 Å². The summed E-state index contributed by atoms with van der Waals surface area (Å²) in [6.45, 7) is 10.4. The summed E-state index contributed by atoms with van der Waals surface area (Å²) < 4.78 is 35.4. The summed E-state index contributed by atoms with van der Waals surface area (Å²) in [5.74, 6) is 0. The number of sulfone groups is 1. The quantitative estimate of drug-likeness (QED) is 0.374. The fraction of sp³-hybridized carbons (Fsp3) is 0.292. The van der Waals surface area contributed by atoms with Crippen LogP contribution in [0.15, 0.2) is 84.0 Å². The standard InChI is InChI=1S/C24H30NO3SSi/c1-19-11-13-23(14-12-19)29(26,27)24(21-9-7-6-8-10-21)22-15-17-25(18-16-22)20(2)28-30(3,4)5/h6-18,20,24H,1-5H3/q+1. The summed E-state index contributed by atoms with van der Waals surface area (Å²) in [5, 5.41) is -0.774. The van der Waals surface area contributed by atoms with Gasteiger partial charge < -0.3 is 4.43 Å². The number of rotatable bonds is 7. The molecule has 0 spiro atoms. The molecule has 1 heterocycles. The van der Waals surface area contributed by atoms with Crippen molar-refractivity contribution >= 4 is 18.2 Å². The molecule has 0 fully saturated rings. The maximum atomic E-state index is 13.6. The molecule has 1 aromatic heterocycles. The average molecular weight is 441 g/mol. The van der Waals surface area contributed by atoms with Gasteiger partial charge in [-0.05, 0) is 49.8 Å². The van der Waals surface area contributed by atoms with E-state index in [0.29, 0.717) is 4.90 Å². The Balaban J connectivity index is 2.03. The molecule has 4 nitrogen and oxygen atoms in total. The van der Waals surface area contributed by atoms with Gasteiger partial charge >= 0.3 is 0 Å². The van der Waals surface area contributed by atoms with E-state index in [1.807, 2.05) is 85.4 Å². The van der Waals surface area contributed by atoms with Crippen molar-refractivity contribution < 1.29 is 17.4 Å². The molecule has 0 saturated heterocycles. The molecule has 0 aliphatic carbocycles. The Hall–Kier alpha value is -2.28. The van der Waals surface area contributed by atoms with Crippen molar-refractivity contribution in [2.75, 3.05) is 0 Å². The second-order valence-corrected chi connectivity index (χ2v) is 15.1. The summed E-state index contributed by atoms with van der Waals surface area (Å²) in [7, 11) is -5.31. The van der Waals surface area contributed by atoms with Gasteiger partial charge in [-0.3, -0.25) is 0 Å². The van der Waals surface area contributed by atoms with E-state index >= 15 is 0 Å². The highest BCUT2D eigenvalue weighted by Crippen LogP contribution is 2.34. The average Bonchev–Trinajstić information content (AvgIpc) is 2.68. The van der Waals surface area contributed by atoms with E-state index in [0.717, 1.165) is 16.7 Å². The fourth-order valence-electron chi connectivity index (χ4n) is 3.48. The van der Waals surface area contributed by atoms with Crippen molar-refractivity contribution in [3.05, 3.63) is 95.8 Å². The van der Waals surface area contributed by atoms with Gasteiger partial charge in [0.05, 0.1) is 4.90 Å². The minimum absolute atomic E-state index is 0.102. The predicted octanol–water partition coefficient (Wildman–Crippen LogP) is 5.22. The van der Waals surface area contributed by atoms with Crippen LogP contribution in [0.1, 0.15) is 35.1 Å². The van der Waals surface area contributed by atoms with Gasteiger partial charge in [0.25, 0.3) is 6.23 Å². The zero-order chi connectivity index (χ0) is 21.9. The Morgan fingerprint density at radius 3 is 1.90 bits per heavy atom. The third kappa shape index (κ3) is 5.25. The monoisotopic (exact) mass is 440 g/mol. The van der Waals surface area contributed by atoms with E-state index < -0.39 is 23.4 Å². The van der Waals surface area contributed by atoms with Crippen LogP contribution in [0.4, 0.5) is 0 Å². The molecule has 158 valence electrons. The number of hydrogen-bond acceptors (Lipinski definition) is 3. The lowest BCUT2D eigenvalue weighted by Gasteiger charge is -2.21. The van der Waals surface area contributed by atoms with Crippen molar-refractivity contribution in [1.82, 2.24) is 0 Å². The maximum absolute atomic E-state index is 13.6. The minimum atomic E-state index is -3.62. The fourth-order valence-corrected chi connectivity index (χ4v) is 6.45. The van der Waals surface area contributed by atoms with Gasteiger partial charge in [0.2, 0.25) is 0 Å². The van der Waals surface area contributed by atoms with E-state index in [1.165, 1.54) is 0 Å². The van der Waals surface area contributed by atoms with Gasteiger partial charge in [-0.15, -0.1) is 0 Å². The first-order chi connectivity index (χ1) is 14.1. The number of aromatic nitrogens is 1. The molecular weight excluding hydrogens is 410 g/mol. The highest BCUT2D eigenvalue weighted by molar-refractivity contribution is 7.91. The number of pyridine rings is 1. The number of aryl methyl sites for hydroxylation is 1. The van der Waals surface area contributed by atoms with Gasteiger partial charge in [0.15, 0.2) is 30.5 Å². The SMILES string of the molecule is Cc1ccc(S(=O)(=O)C(c2ccccc2)c2cc[n+](C(C)O[Si](C)(C)C)cc2)cc1. The Bertz CT molecular complexity index is 1070. The zero-order valence-corrected chi connectivity index (χ0v) is 20.1. The zero-order valence-electron chi connectivity index (χ0n) is 18.2. The van der Waals surface area contributed by atoms with Crippen LogP contribution in [0.5, 0.6) is 0 Å². The number of benzene rings is 2. The van der Waals surface area contributed by atoms with Crippen LogP contribution in [0.2, 0.25) is 19.6 Å². The lowest BCUT2D eigenvalue weighted by molar-refractivity contribution is -0.751. The highest BCUT2D eigenvalue weighted by Gasteiger charge is 2.32. The van der Waals surface area contributed by atoms with Crippen LogP contribution in [0.3, 0.4) is 0 Å². The molecule has 0 aliphatic rings. The van der Waals surface area contributed by atoms with Gasteiger partial charge in [0, 0.05) is 19.1 Å². The molecule has 0 aliphatic heterocycles. The largest absolute Gasteiger partial charge is 0.364 e. The van der Waals surface area contributed by atoms with Crippen molar-refractivity contribution in [2.45, 2.75) is 49.9 Å². The molecule has 6 heteroatoms. The molecule has 30 heavy (non-hydrogen) atoms. The molecule has 3 aromatic rings. The van der Waals surface area contributed by atoms with E-state index in [2.05, 4.69) is 19.6 Å². The number of nitrogens with zero attached hydrogens (tertiary/aromatic N) is 1. The number of hydrogen-bond donors (Lipinski definition) is 0. The predicted molar refractivity (Wildman–Crippen MR) is 122 cm³/mol. The Labute approximate surface area is 181 Å². The molecule has 0 radical (unpaired) electrons. The van der Waals surface area contributed by atoms with Crippen LogP contribution in [-0.2, 0) is 14.3 Å². The van der Waals surface area contributed by atoms with E-state index in [4.69, 9.17) is 4.43 Å². The second-order valence-electron chi connectivity index (χ2n) is 8.56. The smallest absolute Gasteiger partial charge is 0.250 e. The molecular formula is C24H30NO3SSi+. The highest BCUT2D eigenvalue weighted by atomic mass is 32.2. The van der Waals surface area contributed by atoms with Crippen LogP contribution in [0, 0.1) is 6.92 Å². The summed E-state index contributed by atoms with van der Waals surface area (Å²) in [5.41, 5.74) is 2.52. The molecule has 2 aromatic carbocycles. The maximum Gasteiger partial charge on any atom is 0.250 e.